The normalized spacial score (nSPS) is 23.7. The van der Waals surface area contributed by atoms with E-state index in [2.05, 4.69) is 38.1 Å². The number of nitrogens with two attached hydrogens (primary N) is 1. The van der Waals surface area contributed by atoms with Crippen LogP contribution in [0.4, 0.5) is 5.69 Å². The average molecular weight is 418 g/mol. The minimum atomic E-state index is -3.72. The number of rotatable bonds is 4. The number of hydrogen-bond donors (Lipinski definition) is 2. The molecule has 6 nitrogen and oxygen atoms in total. The number of fused-ring (bicyclic) bond motifs is 3. The Hall–Kier alpha value is -1.67. The second-order valence-electron chi connectivity index (χ2n) is 9.60. The molecule has 0 radical (unpaired) electrons. The van der Waals surface area contributed by atoms with Crippen molar-refractivity contribution in [1.29, 1.82) is 0 Å². The van der Waals surface area contributed by atoms with Crippen LogP contribution in [0.15, 0.2) is 35.2 Å². The quantitative estimate of drug-likeness (QED) is 0.786. The number of nitrogens with one attached hydrogen (secondary N) is 1. The fraction of sp³-hybridized carbons (Fsp3) is 0.545. The molecule has 2 aromatic rings. The summed E-state index contributed by atoms with van der Waals surface area (Å²) in [6, 6.07) is 9.06. The van der Waals surface area contributed by atoms with Crippen molar-refractivity contribution < 1.29 is 13.3 Å². The van der Waals surface area contributed by atoms with Gasteiger partial charge in [-0.05, 0) is 81.5 Å². The molecule has 1 unspecified atom stereocenters. The standard InChI is InChI=1S/C22H31N3O3S/c1-21(2)10-5-11-22(3,4)25(21)28-14-16-13-24-19-9-6-15-12-17(29(23,26)27)7-8-18(15)20(16)19/h6-9,12,16,24H,5,10-11,13-14H2,1-4H3,(H2,23,26,27). The molecule has 2 aliphatic rings. The van der Waals surface area contributed by atoms with Crippen molar-refractivity contribution >= 4 is 26.5 Å². The highest BCUT2D eigenvalue weighted by atomic mass is 32.2. The van der Waals surface area contributed by atoms with Crippen molar-refractivity contribution in [3.8, 4) is 0 Å². The largest absolute Gasteiger partial charge is 0.384 e. The van der Waals surface area contributed by atoms with Gasteiger partial charge in [-0.25, -0.2) is 13.6 Å². The van der Waals surface area contributed by atoms with Crippen LogP contribution in [-0.4, -0.2) is 37.7 Å². The molecule has 0 aromatic heterocycles. The van der Waals surface area contributed by atoms with Crippen molar-refractivity contribution in [3.63, 3.8) is 0 Å². The van der Waals surface area contributed by atoms with E-state index in [1.165, 1.54) is 12.0 Å². The van der Waals surface area contributed by atoms with E-state index in [1.54, 1.807) is 12.1 Å². The first-order chi connectivity index (χ1) is 13.5. The van der Waals surface area contributed by atoms with E-state index in [1.807, 2.05) is 18.2 Å². The SMILES string of the molecule is CC1(C)CCCC(C)(C)N1OCC1CNc2ccc3cc(S(N)(=O)=O)ccc3c21. The molecule has 2 heterocycles. The number of piperidine rings is 1. The minimum absolute atomic E-state index is 0.000243. The van der Waals surface area contributed by atoms with Gasteiger partial charge in [0.25, 0.3) is 0 Å². The topological polar surface area (TPSA) is 84.7 Å². The Labute approximate surface area is 173 Å². The molecular formula is C22H31N3O3S. The van der Waals surface area contributed by atoms with Crippen LogP contribution in [0.5, 0.6) is 0 Å². The third-order valence-corrected chi connectivity index (χ3v) is 7.30. The summed E-state index contributed by atoms with van der Waals surface area (Å²) in [7, 11) is -3.72. The van der Waals surface area contributed by atoms with Crippen molar-refractivity contribution in [3.05, 3.63) is 35.9 Å². The maximum atomic E-state index is 11.7. The van der Waals surface area contributed by atoms with Crippen molar-refractivity contribution in [2.45, 2.75) is 68.8 Å². The Bertz CT molecular complexity index is 1030. The van der Waals surface area contributed by atoms with E-state index >= 15 is 0 Å². The Morgan fingerprint density at radius 1 is 1.14 bits per heavy atom. The molecule has 0 saturated carbocycles. The summed E-state index contributed by atoms with van der Waals surface area (Å²) in [6.07, 6.45) is 3.45. The Morgan fingerprint density at radius 2 is 1.83 bits per heavy atom. The predicted molar refractivity (Wildman–Crippen MR) is 116 cm³/mol. The van der Waals surface area contributed by atoms with Crippen LogP contribution >= 0.6 is 0 Å². The minimum Gasteiger partial charge on any atom is -0.384 e. The van der Waals surface area contributed by atoms with Gasteiger partial charge in [-0.2, -0.15) is 5.06 Å². The monoisotopic (exact) mass is 417 g/mol. The highest BCUT2D eigenvalue weighted by Gasteiger charge is 2.43. The van der Waals surface area contributed by atoms with Crippen LogP contribution in [0.25, 0.3) is 10.8 Å². The maximum absolute atomic E-state index is 11.7. The molecule has 2 aliphatic heterocycles. The molecule has 0 spiro atoms. The van der Waals surface area contributed by atoms with Crippen LogP contribution in [-0.2, 0) is 14.9 Å². The summed E-state index contributed by atoms with van der Waals surface area (Å²) < 4.78 is 23.4. The van der Waals surface area contributed by atoms with Crippen molar-refractivity contribution in [2.24, 2.45) is 5.14 Å². The van der Waals surface area contributed by atoms with Gasteiger partial charge in [0.1, 0.15) is 0 Å². The third kappa shape index (κ3) is 3.77. The van der Waals surface area contributed by atoms with Gasteiger partial charge in [-0.1, -0.05) is 12.1 Å². The molecular weight excluding hydrogens is 386 g/mol. The molecule has 1 saturated heterocycles. The molecule has 2 aromatic carbocycles. The molecule has 1 fully saturated rings. The van der Waals surface area contributed by atoms with Gasteiger partial charge in [0.2, 0.25) is 10.0 Å². The number of benzene rings is 2. The summed E-state index contributed by atoms with van der Waals surface area (Å²) >= 11 is 0. The van der Waals surface area contributed by atoms with Gasteiger partial charge in [-0.3, -0.25) is 4.84 Å². The van der Waals surface area contributed by atoms with E-state index in [-0.39, 0.29) is 21.9 Å². The van der Waals surface area contributed by atoms with E-state index < -0.39 is 10.0 Å². The number of anilines is 1. The highest BCUT2D eigenvalue weighted by Crippen LogP contribution is 2.41. The van der Waals surface area contributed by atoms with Gasteiger partial charge in [0, 0.05) is 29.2 Å². The molecule has 158 valence electrons. The predicted octanol–water partition coefficient (Wildman–Crippen LogP) is 3.97. The fourth-order valence-electron chi connectivity index (χ4n) is 5.07. The Morgan fingerprint density at radius 3 is 2.48 bits per heavy atom. The van der Waals surface area contributed by atoms with Gasteiger partial charge in [0.15, 0.2) is 0 Å². The molecule has 0 amide bonds. The molecule has 0 aliphatic carbocycles. The zero-order valence-corrected chi connectivity index (χ0v) is 18.5. The number of hydroxylamine groups is 2. The number of nitrogens with zero attached hydrogens (tertiary/aromatic N) is 1. The number of primary sulfonamides is 1. The van der Waals surface area contributed by atoms with E-state index in [9.17, 15) is 8.42 Å². The highest BCUT2D eigenvalue weighted by molar-refractivity contribution is 7.89. The molecule has 29 heavy (non-hydrogen) atoms. The van der Waals surface area contributed by atoms with Crippen LogP contribution in [0, 0.1) is 0 Å². The van der Waals surface area contributed by atoms with Crippen LogP contribution < -0.4 is 10.5 Å². The first-order valence-electron chi connectivity index (χ1n) is 10.3. The van der Waals surface area contributed by atoms with E-state index in [0.717, 1.165) is 35.8 Å². The second-order valence-corrected chi connectivity index (χ2v) is 11.2. The molecule has 4 rings (SSSR count). The van der Waals surface area contributed by atoms with Gasteiger partial charge in [-0.15, -0.1) is 0 Å². The zero-order chi connectivity index (χ0) is 21.0. The summed E-state index contributed by atoms with van der Waals surface area (Å²) in [6.45, 7) is 10.4. The first kappa shape index (κ1) is 20.6. The number of hydrogen-bond acceptors (Lipinski definition) is 5. The lowest BCUT2D eigenvalue weighted by molar-refractivity contribution is -0.282. The summed E-state index contributed by atoms with van der Waals surface area (Å²) in [4.78, 5) is 6.60. The second kappa shape index (κ2) is 6.94. The summed E-state index contributed by atoms with van der Waals surface area (Å²) in [5, 5.41) is 12.9. The van der Waals surface area contributed by atoms with E-state index in [4.69, 9.17) is 9.98 Å². The first-order valence-corrected chi connectivity index (χ1v) is 11.8. The lowest BCUT2D eigenvalue weighted by atomic mass is 9.82. The van der Waals surface area contributed by atoms with Gasteiger partial charge in [0.05, 0.1) is 11.5 Å². The number of sulfonamides is 1. The van der Waals surface area contributed by atoms with Crippen LogP contribution in [0.2, 0.25) is 0 Å². The molecule has 0 bridgehead atoms. The lowest BCUT2D eigenvalue weighted by Crippen LogP contribution is -2.58. The van der Waals surface area contributed by atoms with Crippen LogP contribution in [0.1, 0.15) is 58.4 Å². The molecule has 7 heteroatoms. The van der Waals surface area contributed by atoms with Crippen molar-refractivity contribution in [1.82, 2.24) is 5.06 Å². The Kier molecular flexibility index (Phi) is 4.93. The van der Waals surface area contributed by atoms with Gasteiger partial charge < -0.3 is 5.32 Å². The Balaban J connectivity index is 1.63. The fourth-order valence-corrected chi connectivity index (χ4v) is 5.62. The van der Waals surface area contributed by atoms with E-state index in [0.29, 0.717) is 6.61 Å². The van der Waals surface area contributed by atoms with Crippen molar-refractivity contribution in [2.75, 3.05) is 18.5 Å². The average Bonchev–Trinajstić information content (AvgIpc) is 3.02. The van der Waals surface area contributed by atoms with Crippen LogP contribution in [0.3, 0.4) is 0 Å². The lowest BCUT2D eigenvalue weighted by Gasteiger charge is -2.51. The molecule has 1 atom stereocenters. The summed E-state index contributed by atoms with van der Waals surface area (Å²) in [5.41, 5.74) is 2.28. The summed E-state index contributed by atoms with van der Waals surface area (Å²) in [5.74, 6) is 0.197. The third-order valence-electron chi connectivity index (χ3n) is 6.39. The van der Waals surface area contributed by atoms with Gasteiger partial charge >= 0.3 is 0 Å². The zero-order valence-electron chi connectivity index (χ0n) is 17.7. The molecule has 3 N–H and O–H groups in total. The maximum Gasteiger partial charge on any atom is 0.238 e. The smallest absolute Gasteiger partial charge is 0.238 e.